The molecule has 172 valence electrons. The Balaban J connectivity index is 1.58. The number of nitrogens with two attached hydrogens (primary N) is 1. The molecule has 2 aromatic carbocycles. The molecule has 33 heavy (non-hydrogen) atoms. The summed E-state index contributed by atoms with van der Waals surface area (Å²) in [5, 5.41) is 9.93. The SMILES string of the molecule is CN(C(=O)Cc1ccc2ncc(=O)[nH]c2c1)C(CN1CC[C@@H](O)C1)c1cccc(C(N)=O)c1. The van der Waals surface area contributed by atoms with Crippen molar-refractivity contribution in [2.45, 2.75) is 25.0 Å². The molecular weight excluding hydrogens is 422 g/mol. The van der Waals surface area contributed by atoms with Crippen LogP contribution in [0, 0.1) is 0 Å². The zero-order valence-electron chi connectivity index (χ0n) is 18.4. The van der Waals surface area contributed by atoms with Gasteiger partial charge in [-0.2, -0.15) is 0 Å². The maximum atomic E-state index is 13.3. The van der Waals surface area contributed by atoms with Crippen LogP contribution in [-0.2, 0) is 11.2 Å². The van der Waals surface area contributed by atoms with Crippen molar-refractivity contribution in [3.63, 3.8) is 0 Å². The van der Waals surface area contributed by atoms with Gasteiger partial charge >= 0.3 is 0 Å². The molecule has 4 N–H and O–H groups in total. The van der Waals surface area contributed by atoms with Crippen LogP contribution in [0.15, 0.2) is 53.5 Å². The number of β-amino-alcohol motifs (C(OH)–C–C–N with tert-alkyl or cyclic N) is 1. The fourth-order valence-corrected chi connectivity index (χ4v) is 4.25. The number of nitrogens with zero attached hydrogens (tertiary/aromatic N) is 3. The van der Waals surface area contributed by atoms with Crippen molar-refractivity contribution in [1.82, 2.24) is 19.8 Å². The van der Waals surface area contributed by atoms with Gasteiger partial charge in [-0.3, -0.25) is 19.3 Å². The minimum absolute atomic E-state index is 0.116. The van der Waals surface area contributed by atoms with Crippen LogP contribution in [0.3, 0.4) is 0 Å². The third-order valence-corrected chi connectivity index (χ3v) is 6.09. The summed E-state index contributed by atoms with van der Waals surface area (Å²) in [5.74, 6) is -0.644. The summed E-state index contributed by atoms with van der Waals surface area (Å²) in [5.41, 5.74) is 8.32. The van der Waals surface area contributed by atoms with Gasteiger partial charge in [0.1, 0.15) is 0 Å². The summed E-state index contributed by atoms with van der Waals surface area (Å²) in [4.78, 5) is 47.2. The fourth-order valence-electron chi connectivity index (χ4n) is 4.25. The van der Waals surface area contributed by atoms with E-state index in [1.165, 1.54) is 6.20 Å². The van der Waals surface area contributed by atoms with E-state index >= 15 is 0 Å². The number of carbonyl (C=O) groups is 2. The average Bonchev–Trinajstić information content (AvgIpc) is 3.21. The lowest BCUT2D eigenvalue weighted by atomic mass is 10.0. The summed E-state index contributed by atoms with van der Waals surface area (Å²) in [6.45, 7) is 1.80. The summed E-state index contributed by atoms with van der Waals surface area (Å²) in [6.07, 6.45) is 1.67. The Hall–Kier alpha value is -3.56. The molecule has 1 unspecified atom stereocenters. The number of likely N-dealkylation sites (N-methyl/N-ethyl adjacent to an activating group) is 1. The first-order chi connectivity index (χ1) is 15.8. The Morgan fingerprint density at radius 3 is 2.85 bits per heavy atom. The second-order valence-corrected chi connectivity index (χ2v) is 8.49. The lowest BCUT2D eigenvalue weighted by Crippen LogP contribution is -2.39. The second kappa shape index (κ2) is 9.51. The number of fused-ring (bicyclic) bond motifs is 1. The van der Waals surface area contributed by atoms with E-state index < -0.39 is 5.91 Å². The maximum absolute atomic E-state index is 13.3. The van der Waals surface area contributed by atoms with Crippen LogP contribution in [0.25, 0.3) is 11.0 Å². The number of benzene rings is 2. The van der Waals surface area contributed by atoms with E-state index in [1.807, 2.05) is 12.1 Å². The number of primary amides is 1. The molecule has 9 heteroatoms. The number of nitrogens with one attached hydrogen (secondary N) is 1. The van der Waals surface area contributed by atoms with E-state index in [-0.39, 0.29) is 30.0 Å². The zero-order valence-corrected chi connectivity index (χ0v) is 18.4. The Labute approximate surface area is 190 Å². The topological polar surface area (TPSA) is 133 Å². The molecule has 9 nitrogen and oxygen atoms in total. The van der Waals surface area contributed by atoms with Crippen LogP contribution in [-0.4, -0.2) is 69.5 Å². The molecule has 0 radical (unpaired) electrons. The minimum Gasteiger partial charge on any atom is -0.392 e. The van der Waals surface area contributed by atoms with E-state index in [2.05, 4.69) is 14.9 Å². The van der Waals surface area contributed by atoms with Crippen LogP contribution in [0.2, 0.25) is 0 Å². The first kappa shape index (κ1) is 22.6. The van der Waals surface area contributed by atoms with Crippen molar-refractivity contribution in [2.24, 2.45) is 5.73 Å². The van der Waals surface area contributed by atoms with Crippen molar-refractivity contribution < 1.29 is 14.7 Å². The molecule has 2 heterocycles. The molecule has 1 saturated heterocycles. The van der Waals surface area contributed by atoms with Crippen molar-refractivity contribution in [3.05, 3.63) is 75.7 Å². The quantitative estimate of drug-likeness (QED) is 0.489. The summed E-state index contributed by atoms with van der Waals surface area (Å²) >= 11 is 0. The van der Waals surface area contributed by atoms with E-state index in [0.717, 1.165) is 17.7 Å². The lowest BCUT2D eigenvalue weighted by Gasteiger charge is -2.32. The number of rotatable bonds is 7. The Kier molecular flexibility index (Phi) is 6.52. The lowest BCUT2D eigenvalue weighted by molar-refractivity contribution is -0.131. The standard InChI is InChI=1S/C24H27N5O4/c1-28(23(32)10-15-5-6-19-20(9-15)27-22(31)12-26-19)21(14-29-8-7-18(30)13-29)16-3-2-4-17(11-16)24(25)33/h2-6,9,11-12,18,21,30H,7-8,10,13-14H2,1H3,(H2,25,33)(H,27,31)/t18-,21?/m1/s1. The molecule has 1 aromatic heterocycles. The Morgan fingerprint density at radius 1 is 1.30 bits per heavy atom. The molecule has 1 aliphatic heterocycles. The predicted octanol–water partition coefficient (Wildman–Crippen LogP) is 0.831. The number of aromatic amines is 1. The molecule has 1 aliphatic rings. The number of likely N-dealkylation sites (tertiary alicyclic amines) is 1. The highest BCUT2D eigenvalue weighted by atomic mass is 16.3. The zero-order chi connectivity index (χ0) is 23.5. The number of hydrogen-bond donors (Lipinski definition) is 3. The van der Waals surface area contributed by atoms with E-state index in [4.69, 9.17) is 5.73 Å². The molecule has 1 fully saturated rings. The first-order valence-corrected chi connectivity index (χ1v) is 10.8. The molecule has 3 aromatic rings. The summed E-state index contributed by atoms with van der Waals surface area (Å²) in [7, 11) is 1.74. The number of aromatic nitrogens is 2. The van der Waals surface area contributed by atoms with Crippen LogP contribution in [0.5, 0.6) is 0 Å². The molecule has 2 amide bonds. The van der Waals surface area contributed by atoms with Gasteiger partial charge < -0.3 is 20.7 Å². The van der Waals surface area contributed by atoms with Crippen molar-refractivity contribution in [1.29, 1.82) is 0 Å². The van der Waals surface area contributed by atoms with Crippen LogP contribution >= 0.6 is 0 Å². The average molecular weight is 450 g/mol. The molecule has 0 aliphatic carbocycles. The summed E-state index contributed by atoms with van der Waals surface area (Å²) < 4.78 is 0. The van der Waals surface area contributed by atoms with E-state index in [0.29, 0.717) is 36.1 Å². The highest BCUT2D eigenvalue weighted by Gasteiger charge is 2.28. The summed E-state index contributed by atoms with van der Waals surface area (Å²) in [6, 6.07) is 12.0. The first-order valence-electron chi connectivity index (χ1n) is 10.8. The number of H-pyrrole nitrogens is 1. The van der Waals surface area contributed by atoms with Gasteiger partial charge in [0.25, 0.3) is 5.56 Å². The Morgan fingerprint density at radius 2 is 2.12 bits per heavy atom. The monoisotopic (exact) mass is 449 g/mol. The normalized spacial score (nSPS) is 17.2. The maximum Gasteiger partial charge on any atom is 0.266 e. The van der Waals surface area contributed by atoms with Crippen molar-refractivity contribution >= 4 is 22.8 Å². The minimum atomic E-state index is -0.528. The van der Waals surface area contributed by atoms with Gasteiger partial charge in [0.05, 0.1) is 35.8 Å². The third kappa shape index (κ3) is 5.27. The van der Waals surface area contributed by atoms with Gasteiger partial charge in [0.2, 0.25) is 11.8 Å². The third-order valence-electron chi connectivity index (χ3n) is 6.09. The van der Waals surface area contributed by atoms with Gasteiger partial charge in [-0.15, -0.1) is 0 Å². The highest BCUT2D eigenvalue weighted by Crippen LogP contribution is 2.25. The van der Waals surface area contributed by atoms with Gasteiger partial charge in [0.15, 0.2) is 0 Å². The van der Waals surface area contributed by atoms with Gasteiger partial charge in [-0.1, -0.05) is 18.2 Å². The molecule has 0 spiro atoms. The van der Waals surface area contributed by atoms with Crippen LogP contribution < -0.4 is 11.3 Å². The predicted molar refractivity (Wildman–Crippen MR) is 124 cm³/mol. The number of hydrogen-bond acceptors (Lipinski definition) is 6. The molecule has 0 bridgehead atoms. The number of amides is 2. The Bertz CT molecular complexity index is 1240. The largest absolute Gasteiger partial charge is 0.392 e. The van der Waals surface area contributed by atoms with Crippen LogP contribution in [0.1, 0.15) is 33.9 Å². The molecule has 4 rings (SSSR count). The number of aliphatic hydroxyl groups is 1. The van der Waals surface area contributed by atoms with Crippen molar-refractivity contribution in [2.75, 3.05) is 26.7 Å². The van der Waals surface area contributed by atoms with Crippen molar-refractivity contribution in [3.8, 4) is 0 Å². The highest BCUT2D eigenvalue weighted by molar-refractivity contribution is 5.93. The van der Waals surface area contributed by atoms with E-state index in [1.54, 1.807) is 42.3 Å². The van der Waals surface area contributed by atoms with Gasteiger partial charge in [0, 0.05) is 32.2 Å². The number of aliphatic hydroxyl groups excluding tert-OH is 1. The molecule has 0 saturated carbocycles. The number of carbonyl (C=O) groups excluding carboxylic acids is 2. The van der Waals surface area contributed by atoms with Crippen LogP contribution in [0.4, 0.5) is 0 Å². The molecule has 2 atom stereocenters. The van der Waals surface area contributed by atoms with Gasteiger partial charge in [-0.25, -0.2) is 4.98 Å². The second-order valence-electron chi connectivity index (χ2n) is 8.49. The molecular formula is C24H27N5O4. The smallest absolute Gasteiger partial charge is 0.266 e. The fraction of sp³-hybridized carbons (Fsp3) is 0.333. The van der Waals surface area contributed by atoms with E-state index in [9.17, 15) is 19.5 Å². The van der Waals surface area contributed by atoms with Gasteiger partial charge in [-0.05, 0) is 41.8 Å².